The molecule has 0 aliphatic carbocycles. The van der Waals surface area contributed by atoms with E-state index in [1.165, 1.54) is 0 Å². The van der Waals surface area contributed by atoms with Gasteiger partial charge in [0.05, 0.1) is 11.4 Å². The highest BCUT2D eigenvalue weighted by Gasteiger charge is 2.52. The van der Waals surface area contributed by atoms with Crippen LogP contribution >= 0.6 is 11.8 Å². The van der Waals surface area contributed by atoms with Gasteiger partial charge in [0, 0.05) is 23.4 Å². The first-order chi connectivity index (χ1) is 11.1. The van der Waals surface area contributed by atoms with Gasteiger partial charge in [0.2, 0.25) is 11.8 Å². The maximum atomic E-state index is 12.5. The molecular weight excluding hydrogens is 310 g/mol. The van der Waals surface area contributed by atoms with Crippen LogP contribution in [0.25, 0.3) is 10.9 Å². The summed E-state index contributed by atoms with van der Waals surface area (Å²) in [6.07, 6.45) is 1.39. The van der Waals surface area contributed by atoms with Crippen molar-refractivity contribution < 1.29 is 9.59 Å². The zero-order valence-electron chi connectivity index (χ0n) is 13.0. The SMILES string of the molecule is C[C@@]12CCC(=O)N1[C@@H](C(=O)NCc1cc3ccccc3[nH]1)CS2. The van der Waals surface area contributed by atoms with E-state index in [-0.39, 0.29) is 22.7 Å². The molecule has 23 heavy (non-hydrogen) atoms. The number of rotatable bonds is 3. The van der Waals surface area contributed by atoms with Crippen molar-refractivity contribution in [3.8, 4) is 0 Å². The summed E-state index contributed by atoms with van der Waals surface area (Å²) in [5, 5.41) is 4.11. The fourth-order valence-electron chi connectivity index (χ4n) is 3.54. The molecule has 5 nitrogen and oxygen atoms in total. The van der Waals surface area contributed by atoms with Gasteiger partial charge in [-0.1, -0.05) is 18.2 Å². The molecule has 0 saturated carbocycles. The van der Waals surface area contributed by atoms with E-state index in [1.54, 1.807) is 16.7 Å². The zero-order chi connectivity index (χ0) is 16.0. The van der Waals surface area contributed by atoms with E-state index in [9.17, 15) is 9.59 Å². The monoisotopic (exact) mass is 329 g/mol. The second-order valence-corrected chi connectivity index (χ2v) is 7.87. The van der Waals surface area contributed by atoms with Gasteiger partial charge in [0.15, 0.2) is 0 Å². The normalized spacial score (nSPS) is 26.7. The van der Waals surface area contributed by atoms with Crippen molar-refractivity contribution in [1.82, 2.24) is 15.2 Å². The van der Waals surface area contributed by atoms with Gasteiger partial charge in [0.1, 0.15) is 6.04 Å². The Morgan fingerprint density at radius 2 is 2.30 bits per heavy atom. The third kappa shape index (κ3) is 2.41. The highest BCUT2D eigenvalue weighted by Crippen LogP contribution is 2.47. The minimum absolute atomic E-state index is 0.0601. The number of nitrogens with one attached hydrogen (secondary N) is 2. The van der Waals surface area contributed by atoms with E-state index < -0.39 is 0 Å². The van der Waals surface area contributed by atoms with Crippen molar-refractivity contribution in [2.45, 2.75) is 37.2 Å². The first kappa shape index (κ1) is 14.6. The van der Waals surface area contributed by atoms with E-state index in [2.05, 4.69) is 17.2 Å². The summed E-state index contributed by atoms with van der Waals surface area (Å²) in [6, 6.07) is 9.74. The second-order valence-electron chi connectivity index (χ2n) is 6.37. The smallest absolute Gasteiger partial charge is 0.244 e. The maximum absolute atomic E-state index is 12.5. The predicted molar refractivity (Wildman–Crippen MR) is 90.9 cm³/mol. The lowest BCUT2D eigenvalue weighted by Gasteiger charge is -2.29. The molecule has 2 N–H and O–H groups in total. The number of hydrogen-bond acceptors (Lipinski definition) is 3. The summed E-state index contributed by atoms with van der Waals surface area (Å²) < 4.78 is 0. The molecule has 0 unspecified atom stereocenters. The first-order valence-corrected chi connectivity index (χ1v) is 8.86. The van der Waals surface area contributed by atoms with Gasteiger partial charge in [-0.25, -0.2) is 0 Å². The van der Waals surface area contributed by atoms with Crippen LogP contribution in [0, 0.1) is 0 Å². The number of amides is 2. The number of hydrogen-bond donors (Lipinski definition) is 2. The second kappa shape index (κ2) is 5.30. The summed E-state index contributed by atoms with van der Waals surface area (Å²) >= 11 is 1.72. The van der Waals surface area contributed by atoms with E-state index in [4.69, 9.17) is 0 Å². The number of benzene rings is 1. The number of carbonyl (C=O) groups excluding carboxylic acids is 2. The number of H-pyrrole nitrogens is 1. The van der Waals surface area contributed by atoms with E-state index in [1.807, 2.05) is 30.3 Å². The molecule has 120 valence electrons. The third-order valence-electron chi connectivity index (χ3n) is 4.79. The summed E-state index contributed by atoms with van der Waals surface area (Å²) in [7, 11) is 0. The molecule has 1 aromatic heterocycles. The Labute approximate surface area is 138 Å². The Morgan fingerprint density at radius 1 is 1.48 bits per heavy atom. The lowest BCUT2D eigenvalue weighted by Crippen LogP contribution is -2.49. The molecule has 6 heteroatoms. The molecule has 1 aromatic carbocycles. The maximum Gasteiger partial charge on any atom is 0.244 e. The quantitative estimate of drug-likeness (QED) is 0.908. The largest absolute Gasteiger partial charge is 0.357 e. The minimum atomic E-state index is -0.343. The van der Waals surface area contributed by atoms with Crippen LogP contribution < -0.4 is 5.32 Å². The van der Waals surface area contributed by atoms with Gasteiger partial charge in [-0.2, -0.15) is 0 Å². The molecule has 0 radical (unpaired) electrons. The molecule has 3 heterocycles. The van der Waals surface area contributed by atoms with Gasteiger partial charge in [0.25, 0.3) is 0 Å². The van der Waals surface area contributed by atoms with Crippen LogP contribution in [-0.4, -0.2) is 38.4 Å². The van der Waals surface area contributed by atoms with Crippen molar-refractivity contribution in [3.05, 3.63) is 36.0 Å². The lowest BCUT2D eigenvalue weighted by atomic mass is 10.2. The minimum Gasteiger partial charge on any atom is -0.357 e. The Kier molecular flexibility index (Phi) is 3.37. The Hall–Kier alpha value is -1.95. The molecule has 2 aliphatic rings. The fourth-order valence-corrected chi connectivity index (χ4v) is 4.98. The first-order valence-electron chi connectivity index (χ1n) is 7.87. The van der Waals surface area contributed by atoms with Gasteiger partial charge >= 0.3 is 0 Å². The average molecular weight is 329 g/mol. The molecular formula is C17H19N3O2S. The standard InChI is InChI=1S/C17H19N3O2S/c1-17-7-6-15(21)20(17)14(10-23-17)16(22)18-9-12-8-11-4-2-3-5-13(11)19-12/h2-5,8,14,19H,6-7,9-10H2,1H3,(H,18,22)/t14-,17-/m1/s1. The molecule has 0 bridgehead atoms. The summed E-state index contributed by atoms with van der Waals surface area (Å²) in [4.78, 5) is 29.5. The van der Waals surface area contributed by atoms with Crippen molar-refractivity contribution in [2.24, 2.45) is 0 Å². The van der Waals surface area contributed by atoms with Crippen molar-refractivity contribution in [1.29, 1.82) is 0 Å². The van der Waals surface area contributed by atoms with Gasteiger partial charge in [-0.3, -0.25) is 9.59 Å². The van der Waals surface area contributed by atoms with Crippen molar-refractivity contribution >= 4 is 34.5 Å². The molecule has 4 rings (SSSR count). The predicted octanol–water partition coefficient (Wildman–Crippen LogP) is 2.24. The Morgan fingerprint density at radius 3 is 3.13 bits per heavy atom. The summed E-state index contributed by atoms with van der Waals surface area (Å²) in [5.41, 5.74) is 2.04. The fraction of sp³-hybridized carbons (Fsp3) is 0.412. The number of para-hydroxylation sites is 1. The summed E-state index contributed by atoms with van der Waals surface area (Å²) in [6.45, 7) is 2.51. The van der Waals surface area contributed by atoms with Crippen LogP contribution in [0.5, 0.6) is 0 Å². The summed E-state index contributed by atoms with van der Waals surface area (Å²) in [5.74, 6) is 0.722. The van der Waals surface area contributed by atoms with Crippen LogP contribution in [0.4, 0.5) is 0 Å². The van der Waals surface area contributed by atoms with Gasteiger partial charge in [-0.05, 0) is 30.9 Å². The molecule has 0 spiro atoms. The molecule has 2 amide bonds. The highest BCUT2D eigenvalue weighted by atomic mass is 32.2. The van der Waals surface area contributed by atoms with Crippen molar-refractivity contribution in [2.75, 3.05) is 5.75 Å². The van der Waals surface area contributed by atoms with Crippen molar-refractivity contribution in [3.63, 3.8) is 0 Å². The molecule has 2 saturated heterocycles. The lowest BCUT2D eigenvalue weighted by molar-refractivity contribution is -0.138. The van der Waals surface area contributed by atoms with E-state index in [0.717, 1.165) is 23.0 Å². The van der Waals surface area contributed by atoms with Crippen LogP contribution in [0.15, 0.2) is 30.3 Å². The van der Waals surface area contributed by atoms with Crippen LogP contribution in [0.1, 0.15) is 25.5 Å². The third-order valence-corrected chi connectivity index (χ3v) is 6.29. The molecule has 2 aromatic rings. The Balaban J connectivity index is 1.45. The number of fused-ring (bicyclic) bond motifs is 2. The van der Waals surface area contributed by atoms with Gasteiger partial charge < -0.3 is 15.2 Å². The zero-order valence-corrected chi connectivity index (χ0v) is 13.8. The van der Waals surface area contributed by atoms with Gasteiger partial charge in [-0.15, -0.1) is 11.8 Å². The highest BCUT2D eigenvalue weighted by molar-refractivity contribution is 8.01. The topological polar surface area (TPSA) is 65.2 Å². The van der Waals surface area contributed by atoms with Crippen LogP contribution in [0.3, 0.4) is 0 Å². The number of carbonyl (C=O) groups is 2. The molecule has 2 atom stereocenters. The Bertz CT molecular complexity index is 754. The number of aromatic nitrogens is 1. The number of aromatic amines is 1. The van der Waals surface area contributed by atoms with Crippen LogP contribution in [0.2, 0.25) is 0 Å². The number of thioether (sulfide) groups is 1. The van der Waals surface area contributed by atoms with Crippen LogP contribution in [-0.2, 0) is 16.1 Å². The average Bonchev–Trinajstić information content (AvgIpc) is 3.18. The number of nitrogens with zero attached hydrogens (tertiary/aromatic N) is 1. The molecule has 2 fully saturated rings. The van der Waals surface area contributed by atoms with E-state index in [0.29, 0.717) is 18.7 Å². The van der Waals surface area contributed by atoms with E-state index >= 15 is 0 Å². The molecule has 2 aliphatic heterocycles.